The van der Waals surface area contributed by atoms with Gasteiger partial charge < -0.3 is 9.15 Å². The third kappa shape index (κ3) is 3.04. The Morgan fingerprint density at radius 3 is 2.90 bits per heavy atom. The molecule has 0 fully saturated rings. The van der Waals surface area contributed by atoms with Crippen LogP contribution in [0.15, 0.2) is 33.7 Å². The summed E-state index contributed by atoms with van der Waals surface area (Å²) in [5, 5.41) is 0.736. The van der Waals surface area contributed by atoms with E-state index in [2.05, 4.69) is 36.0 Å². The van der Waals surface area contributed by atoms with Gasteiger partial charge in [-0.2, -0.15) is 0 Å². The molecule has 0 aliphatic heterocycles. The van der Waals surface area contributed by atoms with Gasteiger partial charge in [0.05, 0.1) is 16.4 Å². The highest BCUT2D eigenvalue weighted by Gasteiger charge is 2.05. The molecule has 0 saturated heterocycles. The lowest BCUT2D eigenvalue weighted by atomic mass is 10.1. The highest BCUT2D eigenvalue weighted by Crippen LogP contribution is 2.30. The number of ether oxygens (including phenoxy) is 1. The second kappa shape index (κ2) is 5.79. The molecule has 0 saturated carbocycles. The van der Waals surface area contributed by atoms with Gasteiger partial charge in [0.1, 0.15) is 18.1 Å². The van der Waals surface area contributed by atoms with Crippen LogP contribution in [0.5, 0.6) is 0 Å². The van der Waals surface area contributed by atoms with E-state index in [-0.39, 0.29) is 0 Å². The molecule has 2 heterocycles. The molecule has 1 aromatic carbocycles. The lowest BCUT2D eigenvalue weighted by Gasteiger charge is -1.96. The first-order valence-electron chi connectivity index (χ1n) is 6.65. The highest BCUT2D eigenvalue weighted by atomic mass is 32.1. The van der Waals surface area contributed by atoms with Crippen LogP contribution in [0.4, 0.5) is 5.13 Å². The van der Waals surface area contributed by atoms with Crippen LogP contribution in [0.1, 0.15) is 22.6 Å². The zero-order chi connectivity index (χ0) is 14.8. The largest absolute Gasteiger partial charge is 0.458 e. The number of nitrogens with zero attached hydrogens (tertiary/aromatic N) is 2. The van der Waals surface area contributed by atoms with E-state index in [1.165, 1.54) is 11.1 Å². The molecule has 2 aromatic heterocycles. The van der Waals surface area contributed by atoms with E-state index in [1.807, 2.05) is 12.1 Å². The predicted octanol–water partition coefficient (Wildman–Crippen LogP) is 4.40. The Balaban J connectivity index is 1.84. The van der Waals surface area contributed by atoms with Crippen molar-refractivity contribution in [2.45, 2.75) is 20.5 Å². The van der Waals surface area contributed by atoms with Gasteiger partial charge >= 0.3 is 0 Å². The molecular formula is C16H16N2O2S. The second-order valence-corrected chi connectivity index (χ2v) is 5.91. The number of hydrogen-bond acceptors (Lipinski definition) is 5. The first-order chi connectivity index (χ1) is 10.2. The van der Waals surface area contributed by atoms with Crippen LogP contribution in [-0.4, -0.2) is 18.3 Å². The van der Waals surface area contributed by atoms with Crippen molar-refractivity contribution in [2.75, 3.05) is 7.11 Å². The van der Waals surface area contributed by atoms with Crippen LogP contribution in [0.2, 0.25) is 0 Å². The number of hydrogen-bond donors (Lipinski definition) is 0. The average molecular weight is 300 g/mol. The Bertz CT molecular complexity index is 763. The number of aryl methyl sites for hydroxylation is 2. The summed E-state index contributed by atoms with van der Waals surface area (Å²) >= 11 is 1.58. The molecular weight excluding hydrogens is 284 g/mol. The van der Waals surface area contributed by atoms with E-state index in [9.17, 15) is 0 Å². The van der Waals surface area contributed by atoms with Gasteiger partial charge in [0.25, 0.3) is 0 Å². The molecule has 108 valence electrons. The summed E-state index contributed by atoms with van der Waals surface area (Å²) in [7, 11) is 1.64. The maximum absolute atomic E-state index is 5.56. The van der Waals surface area contributed by atoms with E-state index in [0.29, 0.717) is 12.4 Å². The number of aromatic nitrogens is 1. The number of aliphatic imine (C=N–C) groups is 1. The van der Waals surface area contributed by atoms with E-state index < -0.39 is 0 Å². The first-order valence-corrected chi connectivity index (χ1v) is 7.47. The van der Waals surface area contributed by atoms with E-state index in [1.54, 1.807) is 24.7 Å². The van der Waals surface area contributed by atoms with Crippen molar-refractivity contribution < 1.29 is 9.15 Å². The summed E-state index contributed by atoms with van der Waals surface area (Å²) in [6.07, 6.45) is 1.69. The van der Waals surface area contributed by atoms with Crippen molar-refractivity contribution in [2.24, 2.45) is 4.99 Å². The maximum Gasteiger partial charge on any atom is 0.210 e. The van der Waals surface area contributed by atoms with Gasteiger partial charge in [0, 0.05) is 7.11 Å². The van der Waals surface area contributed by atoms with Gasteiger partial charge in [-0.25, -0.2) is 9.98 Å². The summed E-state index contributed by atoms with van der Waals surface area (Å²) in [6.45, 7) is 4.67. The number of benzene rings is 1. The molecule has 0 spiro atoms. The average Bonchev–Trinajstić information content (AvgIpc) is 3.04. The van der Waals surface area contributed by atoms with E-state index in [0.717, 1.165) is 21.1 Å². The number of furan rings is 1. The predicted molar refractivity (Wildman–Crippen MR) is 85.8 cm³/mol. The van der Waals surface area contributed by atoms with Gasteiger partial charge in [-0.15, -0.1) is 0 Å². The van der Waals surface area contributed by atoms with Gasteiger partial charge in [-0.3, -0.25) is 0 Å². The molecule has 0 unspecified atom stereocenters. The fraction of sp³-hybridized carbons (Fsp3) is 0.250. The van der Waals surface area contributed by atoms with Gasteiger partial charge in [-0.1, -0.05) is 11.3 Å². The zero-order valence-electron chi connectivity index (χ0n) is 12.2. The SMILES string of the molecule is COCc1ccc(C=Nc2nc3cc(C)c(C)cc3s2)o1. The lowest BCUT2D eigenvalue weighted by Crippen LogP contribution is -1.82. The molecule has 0 bridgehead atoms. The molecule has 4 nitrogen and oxygen atoms in total. The van der Waals surface area contributed by atoms with E-state index in [4.69, 9.17) is 9.15 Å². The van der Waals surface area contributed by atoms with Crippen molar-refractivity contribution in [3.8, 4) is 0 Å². The van der Waals surface area contributed by atoms with Crippen molar-refractivity contribution in [1.29, 1.82) is 0 Å². The standard InChI is InChI=1S/C16H16N2O2S/c1-10-6-14-15(7-11(10)2)21-16(18-14)17-8-12-4-5-13(20-12)9-19-3/h4-8H,9H2,1-3H3. The lowest BCUT2D eigenvalue weighted by molar-refractivity contribution is 0.164. The minimum absolute atomic E-state index is 0.466. The molecule has 3 aromatic rings. The second-order valence-electron chi connectivity index (χ2n) is 4.90. The molecule has 0 aliphatic rings. The van der Waals surface area contributed by atoms with E-state index >= 15 is 0 Å². The van der Waals surface area contributed by atoms with Gasteiger partial charge in [-0.05, 0) is 49.2 Å². The summed E-state index contributed by atoms with van der Waals surface area (Å²) < 4.78 is 11.7. The zero-order valence-corrected chi connectivity index (χ0v) is 13.0. The van der Waals surface area contributed by atoms with Crippen LogP contribution < -0.4 is 0 Å². The summed E-state index contributed by atoms with van der Waals surface area (Å²) in [6, 6.07) is 8.02. The van der Waals surface area contributed by atoms with Crippen molar-refractivity contribution in [3.63, 3.8) is 0 Å². The monoisotopic (exact) mass is 300 g/mol. The Hall–Kier alpha value is -1.98. The summed E-state index contributed by atoms with van der Waals surface area (Å²) in [5.74, 6) is 1.49. The molecule has 0 amide bonds. The van der Waals surface area contributed by atoms with Crippen LogP contribution >= 0.6 is 11.3 Å². The molecule has 0 N–H and O–H groups in total. The van der Waals surface area contributed by atoms with Crippen molar-refractivity contribution in [3.05, 3.63) is 46.9 Å². The minimum atomic E-state index is 0.466. The summed E-state index contributed by atoms with van der Waals surface area (Å²) in [4.78, 5) is 8.92. The molecule has 0 aliphatic carbocycles. The fourth-order valence-electron chi connectivity index (χ4n) is 2.03. The Kier molecular flexibility index (Phi) is 3.86. The van der Waals surface area contributed by atoms with Crippen LogP contribution in [0, 0.1) is 13.8 Å². The Labute approximate surface area is 127 Å². The topological polar surface area (TPSA) is 47.6 Å². The highest BCUT2D eigenvalue weighted by molar-refractivity contribution is 7.22. The third-order valence-corrected chi connectivity index (χ3v) is 4.19. The molecule has 5 heteroatoms. The smallest absolute Gasteiger partial charge is 0.210 e. The van der Waals surface area contributed by atoms with Crippen molar-refractivity contribution in [1.82, 2.24) is 4.98 Å². The molecule has 21 heavy (non-hydrogen) atoms. The quantitative estimate of drug-likeness (QED) is 0.671. The van der Waals surface area contributed by atoms with Crippen molar-refractivity contribution >= 4 is 32.9 Å². The third-order valence-electron chi connectivity index (χ3n) is 3.26. The summed E-state index contributed by atoms with van der Waals surface area (Å²) in [5.41, 5.74) is 3.52. The number of fused-ring (bicyclic) bond motifs is 1. The Morgan fingerprint density at radius 1 is 1.29 bits per heavy atom. The van der Waals surface area contributed by atoms with Gasteiger partial charge in [0.15, 0.2) is 0 Å². The Morgan fingerprint density at radius 2 is 2.10 bits per heavy atom. The maximum atomic E-state index is 5.56. The number of thiazole rings is 1. The number of methoxy groups -OCH3 is 1. The molecule has 0 radical (unpaired) electrons. The number of rotatable bonds is 4. The first kappa shape index (κ1) is 14.0. The van der Waals surface area contributed by atoms with Crippen LogP contribution in [0.3, 0.4) is 0 Å². The van der Waals surface area contributed by atoms with Crippen LogP contribution in [-0.2, 0) is 11.3 Å². The van der Waals surface area contributed by atoms with Crippen LogP contribution in [0.25, 0.3) is 10.2 Å². The van der Waals surface area contributed by atoms with Gasteiger partial charge in [0.2, 0.25) is 5.13 Å². The molecule has 3 rings (SSSR count). The normalized spacial score (nSPS) is 11.8. The fourth-order valence-corrected chi connectivity index (χ4v) is 2.92. The minimum Gasteiger partial charge on any atom is -0.458 e. The molecule has 0 atom stereocenters.